The van der Waals surface area contributed by atoms with E-state index < -0.39 is 17.7 Å². The molecule has 0 radical (unpaired) electrons. The van der Waals surface area contributed by atoms with Crippen molar-refractivity contribution in [2.45, 2.75) is 19.9 Å². The number of ether oxygens (including phenoxy) is 5. The van der Waals surface area contributed by atoms with Gasteiger partial charge in [0.25, 0.3) is 5.78 Å². The maximum atomic E-state index is 13.8. The summed E-state index contributed by atoms with van der Waals surface area (Å²) in [5.74, 6) is 0.517. The summed E-state index contributed by atoms with van der Waals surface area (Å²) in [5.41, 5.74) is 1.37. The molecule has 0 aliphatic carbocycles. The summed E-state index contributed by atoms with van der Waals surface area (Å²) < 4.78 is 29.4. The Labute approximate surface area is 257 Å². The molecule has 1 amide bonds. The Morgan fingerprint density at radius 1 is 1.00 bits per heavy atom. The molecule has 6 rings (SSSR count). The molecule has 4 aromatic rings. The highest BCUT2D eigenvalue weighted by molar-refractivity contribution is 7.22. The topological polar surface area (TPSA) is 117 Å². The van der Waals surface area contributed by atoms with Crippen LogP contribution in [0.1, 0.15) is 31.0 Å². The quantitative estimate of drug-likeness (QED) is 0.0985. The number of thiazole rings is 1. The fourth-order valence-corrected chi connectivity index (χ4v) is 6.20. The van der Waals surface area contributed by atoms with Crippen LogP contribution in [0.4, 0.5) is 5.13 Å². The summed E-state index contributed by atoms with van der Waals surface area (Å²) in [6, 6.07) is 14.5. The third-order valence-corrected chi connectivity index (χ3v) is 8.08. The zero-order chi connectivity index (χ0) is 30.8. The van der Waals surface area contributed by atoms with Crippen molar-refractivity contribution in [2.75, 3.05) is 37.9 Å². The lowest BCUT2D eigenvalue weighted by atomic mass is 9.95. The molecule has 1 fully saturated rings. The number of anilines is 1. The van der Waals surface area contributed by atoms with Gasteiger partial charge in [0.1, 0.15) is 31.3 Å². The van der Waals surface area contributed by atoms with Crippen LogP contribution in [0.3, 0.4) is 0 Å². The molecule has 3 aromatic carbocycles. The van der Waals surface area contributed by atoms with Crippen molar-refractivity contribution in [2.24, 2.45) is 0 Å². The first-order chi connectivity index (χ1) is 21.4. The Kier molecular flexibility index (Phi) is 8.12. The van der Waals surface area contributed by atoms with Crippen LogP contribution >= 0.6 is 11.3 Å². The molecule has 1 N–H and O–H groups in total. The molecular formula is C33H30N2O8S. The molecule has 2 aliphatic rings. The van der Waals surface area contributed by atoms with E-state index >= 15 is 0 Å². The van der Waals surface area contributed by atoms with Crippen molar-refractivity contribution >= 4 is 44.1 Å². The lowest BCUT2D eigenvalue weighted by molar-refractivity contribution is -0.132. The van der Waals surface area contributed by atoms with Gasteiger partial charge in [-0.3, -0.25) is 14.5 Å². The predicted molar refractivity (Wildman–Crippen MR) is 166 cm³/mol. The van der Waals surface area contributed by atoms with Gasteiger partial charge in [-0.15, -0.1) is 0 Å². The second-order valence-electron chi connectivity index (χ2n) is 9.83. The molecule has 0 spiro atoms. The number of hydrogen-bond donors (Lipinski definition) is 1. The molecule has 0 saturated carbocycles. The molecule has 0 unspecified atom stereocenters. The van der Waals surface area contributed by atoms with Crippen molar-refractivity contribution in [3.63, 3.8) is 0 Å². The van der Waals surface area contributed by atoms with Gasteiger partial charge in [0, 0.05) is 5.56 Å². The first-order valence-electron chi connectivity index (χ1n) is 14.2. The van der Waals surface area contributed by atoms with Gasteiger partial charge in [0.05, 0.1) is 35.0 Å². The SMILES string of the molecule is C=CCOc1ccc([C@H]2/C(=C(\O)c3ccc4c(c3)OCCO4)C(=O)C(=O)N2c2nc3ccc(OCC)cc3s2)cc1OCC. The van der Waals surface area contributed by atoms with Crippen molar-refractivity contribution in [1.29, 1.82) is 0 Å². The highest BCUT2D eigenvalue weighted by Crippen LogP contribution is 2.46. The summed E-state index contributed by atoms with van der Waals surface area (Å²) in [5, 5.41) is 12.0. The van der Waals surface area contributed by atoms with Gasteiger partial charge in [-0.25, -0.2) is 4.98 Å². The van der Waals surface area contributed by atoms with Crippen molar-refractivity contribution in [3.05, 3.63) is 84.0 Å². The number of aliphatic hydroxyl groups is 1. The van der Waals surface area contributed by atoms with Gasteiger partial charge in [0.15, 0.2) is 28.1 Å². The second kappa shape index (κ2) is 12.3. The van der Waals surface area contributed by atoms with Crippen LogP contribution in [0.15, 0.2) is 72.8 Å². The fourth-order valence-electron chi connectivity index (χ4n) is 5.17. The van der Waals surface area contributed by atoms with Gasteiger partial charge in [0.2, 0.25) is 0 Å². The van der Waals surface area contributed by atoms with Crippen LogP contribution in [0.25, 0.3) is 16.0 Å². The summed E-state index contributed by atoms with van der Waals surface area (Å²) in [6.07, 6.45) is 1.62. The molecule has 226 valence electrons. The van der Waals surface area contributed by atoms with E-state index in [1.807, 2.05) is 19.9 Å². The summed E-state index contributed by atoms with van der Waals surface area (Å²) in [4.78, 5) is 33.6. The monoisotopic (exact) mass is 614 g/mol. The molecule has 11 heteroatoms. The minimum Gasteiger partial charge on any atom is -0.507 e. The average Bonchev–Trinajstić information content (AvgIpc) is 3.57. The van der Waals surface area contributed by atoms with Gasteiger partial charge in [-0.2, -0.15) is 0 Å². The molecule has 10 nitrogen and oxygen atoms in total. The van der Waals surface area contributed by atoms with Crippen molar-refractivity contribution < 1.29 is 38.4 Å². The van der Waals surface area contributed by atoms with Gasteiger partial charge in [-0.05, 0) is 67.9 Å². The minimum absolute atomic E-state index is 0.0943. The number of rotatable bonds is 10. The minimum atomic E-state index is -1.03. The fraction of sp³-hybridized carbons (Fsp3) is 0.242. The zero-order valence-corrected chi connectivity index (χ0v) is 25.0. The van der Waals surface area contributed by atoms with E-state index in [-0.39, 0.29) is 17.9 Å². The van der Waals surface area contributed by atoms with Crippen LogP contribution < -0.4 is 28.6 Å². The standard InChI is InChI=1S/C33H30N2O8S/c1-4-13-41-23-11-7-19(16-25(23)40-6-3)29-28(30(36)20-8-12-24-26(17-20)43-15-14-42-24)31(37)32(38)35(29)33-34-22-10-9-21(39-5-2)18-27(22)44-33/h4,7-12,16-18,29,36H,1,5-6,13-15H2,2-3H3/b30-28+/t29-/m0/s1. The summed E-state index contributed by atoms with van der Waals surface area (Å²) in [6.45, 7) is 9.31. The number of hydrogen-bond acceptors (Lipinski definition) is 10. The number of Topliss-reactive ketones (excluding diaryl/α,β-unsaturated/α-hetero) is 1. The Hall–Kier alpha value is -5.03. The number of carbonyl (C=O) groups is 2. The zero-order valence-electron chi connectivity index (χ0n) is 24.2. The lowest BCUT2D eigenvalue weighted by Gasteiger charge is -2.24. The highest BCUT2D eigenvalue weighted by Gasteiger charge is 2.48. The molecule has 0 bridgehead atoms. The number of fused-ring (bicyclic) bond motifs is 2. The third-order valence-electron chi connectivity index (χ3n) is 7.07. The van der Waals surface area contributed by atoms with E-state index in [0.717, 1.165) is 4.70 Å². The maximum Gasteiger partial charge on any atom is 0.301 e. The molecule has 3 heterocycles. The van der Waals surface area contributed by atoms with E-state index in [0.29, 0.717) is 77.0 Å². The van der Waals surface area contributed by atoms with E-state index in [1.54, 1.807) is 54.6 Å². The van der Waals surface area contributed by atoms with Crippen LogP contribution in [-0.4, -0.2) is 54.8 Å². The largest absolute Gasteiger partial charge is 0.507 e. The van der Waals surface area contributed by atoms with E-state index in [4.69, 9.17) is 28.7 Å². The van der Waals surface area contributed by atoms with Crippen LogP contribution in [0.2, 0.25) is 0 Å². The number of ketones is 1. The van der Waals surface area contributed by atoms with Crippen LogP contribution in [-0.2, 0) is 9.59 Å². The van der Waals surface area contributed by atoms with Crippen LogP contribution in [0, 0.1) is 0 Å². The van der Waals surface area contributed by atoms with E-state index in [2.05, 4.69) is 6.58 Å². The number of amides is 1. The second-order valence-corrected chi connectivity index (χ2v) is 10.8. The molecule has 1 aromatic heterocycles. The lowest BCUT2D eigenvalue weighted by Crippen LogP contribution is -2.29. The molecule has 1 saturated heterocycles. The summed E-state index contributed by atoms with van der Waals surface area (Å²) in [7, 11) is 0. The number of carbonyl (C=O) groups excluding carboxylic acids is 2. The maximum absolute atomic E-state index is 13.8. The van der Waals surface area contributed by atoms with Crippen molar-refractivity contribution in [1.82, 2.24) is 4.98 Å². The van der Waals surface area contributed by atoms with Gasteiger partial charge < -0.3 is 28.8 Å². The van der Waals surface area contributed by atoms with Gasteiger partial charge in [-0.1, -0.05) is 30.1 Å². The first kappa shape index (κ1) is 29.1. The predicted octanol–water partition coefficient (Wildman–Crippen LogP) is 6.06. The molecule has 2 aliphatic heterocycles. The number of nitrogens with zero attached hydrogens (tertiary/aromatic N) is 2. The highest BCUT2D eigenvalue weighted by atomic mass is 32.1. The Bertz CT molecular complexity index is 1800. The molecular weight excluding hydrogens is 584 g/mol. The van der Waals surface area contributed by atoms with Crippen LogP contribution in [0.5, 0.6) is 28.7 Å². The number of aliphatic hydroxyl groups excluding tert-OH is 1. The Morgan fingerprint density at radius 3 is 2.57 bits per heavy atom. The number of benzene rings is 3. The van der Waals surface area contributed by atoms with E-state index in [1.165, 1.54) is 16.2 Å². The Morgan fingerprint density at radius 2 is 1.80 bits per heavy atom. The van der Waals surface area contributed by atoms with Gasteiger partial charge >= 0.3 is 5.91 Å². The Balaban J connectivity index is 1.52. The molecule has 1 atom stereocenters. The van der Waals surface area contributed by atoms with Crippen molar-refractivity contribution in [3.8, 4) is 28.7 Å². The summed E-state index contributed by atoms with van der Waals surface area (Å²) >= 11 is 1.25. The normalized spacial score (nSPS) is 17.1. The number of aromatic nitrogens is 1. The average molecular weight is 615 g/mol. The van der Waals surface area contributed by atoms with E-state index in [9.17, 15) is 14.7 Å². The third kappa shape index (κ3) is 5.30. The molecule has 44 heavy (non-hydrogen) atoms. The first-order valence-corrected chi connectivity index (χ1v) is 15.0. The smallest absolute Gasteiger partial charge is 0.301 e.